The molecule has 19 heavy (non-hydrogen) atoms. The fourth-order valence-electron chi connectivity index (χ4n) is 1.68. The molecule has 2 aromatic rings. The van der Waals surface area contributed by atoms with Gasteiger partial charge in [0, 0.05) is 18.3 Å². The van der Waals surface area contributed by atoms with Gasteiger partial charge in [-0.1, -0.05) is 12.1 Å². The molecule has 0 fully saturated rings. The summed E-state index contributed by atoms with van der Waals surface area (Å²) in [6.45, 7) is 0.294. The Morgan fingerprint density at radius 3 is 2.95 bits per heavy atom. The minimum Gasteiger partial charge on any atom is -0.392 e. The molecule has 0 bridgehead atoms. The van der Waals surface area contributed by atoms with Crippen molar-refractivity contribution in [1.29, 1.82) is 5.26 Å². The van der Waals surface area contributed by atoms with Crippen LogP contribution in [0.3, 0.4) is 0 Å². The maximum Gasteiger partial charge on any atom is 0.140 e. The molecule has 0 amide bonds. The molecule has 0 saturated carbocycles. The Bertz CT molecular complexity index is 622. The number of nitrogens with zero attached hydrogens (tertiary/aromatic N) is 2. The lowest BCUT2D eigenvalue weighted by atomic mass is 10.1. The zero-order chi connectivity index (χ0) is 13.7. The van der Waals surface area contributed by atoms with Crippen LogP contribution in [0.15, 0.2) is 36.5 Å². The molecule has 1 heterocycles. The summed E-state index contributed by atoms with van der Waals surface area (Å²) < 4.78 is 13.2. The number of pyridine rings is 1. The monoisotopic (exact) mass is 257 g/mol. The van der Waals surface area contributed by atoms with Crippen molar-refractivity contribution in [3.05, 3.63) is 59.0 Å². The number of benzene rings is 1. The summed E-state index contributed by atoms with van der Waals surface area (Å²) >= 11 is 0. The standard InChI is InChI=1S/C14H12FN3O/c15-13-4-3-10(6-12(13)7-16)8-18-14-11(9-19)2-1-5-17-14/h1-6,19H,8-9H2,(H,17,18). The second kappa shape index (κ2) is 5.94. The molecule has 5 heteroatoms. The van der Waals surface area contributed by atoms with Crippen molar-refractivity contribution < 1.29 is 9.50 Å². The van der Waals surface area contributed by atoms with Crippen LogP contribution in [0.2, 0.25) is 0 Å². The van der Waals surface area contributed by atoms with Crippen molar-refractivity contribution in [1.82, 2.24) is 4.98 Å². The van der Waals surface area contributed by atoms with Gasteiger partial charge in [-0.15, -0.1) is 0 Å². The molecule has 0 atom stereocenters. The third-order valence-corrected chi connectivity index (χ3v) is 2.67. The maximum absolute atomic E-state index is 13.2. The number of rotatable bonds is 4. The summed E-state index contributed by atoms with van der Waals surface area (Å²) in [5.41, 5.74) is 1.47. The van der Waals surface area contributed by atoms with E-state index >= 15 is 0 Å². The van der Waals surface area contributed by atoms with Gasteiger partial charge in [-0.25, -0.2) is 9.37 Å². The average Bonchev–Trinajstić information content (AvgIpc) is 2.46. The summed E-state index contributed by atoms with van der Waals surface area (Å²) in [6.07, 6.45) is 1.62. The smallest absolute Gasteiger partial charge is 0.140 e. The van der Waals surface area contributed by atoms with Crippen LogP contribution < -0.4 is 5.32 Å². The second-order valence-corrected chi connectivity index (χ2v) is 3.95. The normalized spacial score (nSPS) is 9.95. The molecule has 0 radical (unpaired) electrons. The lowest BCUT2D eigenvalue weighted by Gasteiger charge is -2.09. The Labute approximate surface area is 110 Å². The predicted molar refractivity (Wildman–Crippen MR) is 68.6 cm³/mol. The number of nitrogens with one attached hydrogen (secondary N) is 1. The van der Waals surface area contributed by atoms with E-state index in [0.717, 1.165) is 5.56 Å². The highest BCUT2D eigenvalue weighted by molar-refractivity contribution is 5.44. The van der Waals surface area contributed by atoms with Crippen LogP contribution in [-0.2, 0) is 13.2 Å². The highest BCUT2D eigenvalue weighted by Crippen LogP contribution is 2.14. The van der Waals surface area contributed by atoms with E-state index in [1.54, 1.807) is 30.5 Å². The number of aromatic nitrogens is 1. The number of aliphatic hydroxyl groups excluding tert-OH is 1. The molecule has 0 aliphatic heterocycles. The molecule has 0 saturated heterocycles. The van der Waals surface area contributed by atoms with Crippen LogP contribution in [0.5, 0.6) is 0 Å². The summed E-state index contributed by atoms with van der Waals surface area (Å²) in [5, 5.41) is 21.0. The van der Waals surface area contributed by atoms with Gasteiger partial charge in [-0.05, 0) is 23.8 Å². The highest BCUT2D eigenvalue weighted by atomic mass is 19.1. The zero-order valence-electron chi connectivity index (χ0n) is 10.1. The van der Waals surface area contributed by atoms with Gasteiger partial charge in [-0.2, -0.15) is 5.26 Å². The maximum atomic E-state index is 13.2. The Balaban J connectivity index is 2.13. The molecule has 2 N–H and O–H groups in total. The molecule has 1 aromatic heterocycles. The molecule has 0 aliphatic rings. The van der Waals surface area contributed by atoms with E-state index in [9.17, 15) is 4.39 Å². The summed E-state index contributed by atoms with van der Waals surface area (Å²) in [6, 6.07) is 9.66. The molecular weight excluding hydrogens is 245 g/mol. The summed E-state index contributed by atoms with van der Waals surface area (Å²) in [5.74, 6) is 0.0490. The fourth-order valence-corrected chi connectivity index (χ4v) is 1.68. The van der Waals surface area contributed by atoms with Gasteiger partial charge >= 0.3 is 0 Å². The molecule has 0 spiro atoms. The Morgan fingerprint density at radius 1 is 1.37 bits per heavy atom. The number of hydrogen-bond donors (Lipinski definition) is 2. The highest BCUT2D eigenvalue weighted by Gasteiger charge is 2.04. The van der Waals surface area contributed by atoms with Crippen molar-refractivity contribution in [3.63, 3.8) is 0 Å². The lowest BCUT2D eigenvalue weighted by Crippen LogP contribution is -2.05. The largest absolute Gasteiger partial charge is 0.392 e. The first-order valence-corrected chi connectivity index (χ1v) is 5.71. The number of anilines is 1. The SMILES string of the molecule is N#Cc1cc(CNc2ncccc2CO)ccc1F. The number of aliphatic hydroxyl groups is 1. The van der Waals surface area contributed by atoms with E-state index < -0.39 is 5.82 Å². The van der Waals surface area contributed by atoms with Gasteiger partial charge in [-0.3, -0.25) is 0 Å². The topological polar surface area (TPSA) is 68.9 Å². The first-order chi connectivity index (χ1) is 9.24. The first-order valence-electron chi connectivity index (χ1n) is 5.71. The molecule has 4 nitrogen and oxygen atoms in total. The molecule has 0 aliphatic carbocycles. The van der Waals surface area contributed by atoms with Crippen LogP contribution in [0.25, 0.3) is 0 Å². The number of nitriles is 1. The molecule has 0 unspecified atom stereocenters. The van der Waals surface area contributed by atoms with Gasteiger partial charge in [0.1, 0.15) is 17.7 Å². The van der Waals surface area contributed by atoms with Crippen LogP contribution >= 0.6 is 0 Å². The summed E-state index contributed by atoms with van der Waals surface area (Å²) in [7, 11) is 0. The minimum atomic E-state index is -0.528. The van der Waals surface area contributed by atoms with Gasteiger partial charge in [0.25, 0.3) is 0 Å². The van der Waals surface area contributed by atoms with Crippen LogP contribution in [-0.4, -0.2) is 10.1 Å². The van der Waals surface area contributed by atoms with Crippen molar-refractivity contribution >= 4 is 5.82 Å². The quantitative estimate of drug-likeness (QED) is 0.881. The van der Waals surface area contributed by atoms with E-state index in [1.165, 1.54) is 12.1 Å². The minimum absolute atomic E-state index is 0.0164. The second-order valence-electron chi connectivity index (χ2n) is 3.95. The van der Waals surface area contributed by atoms with E-state index in [4.69, 9.17) is 10.4 Å². The van der Waals surface area contributed by atoms with Gasteiger partial charge in [0.2, 0.25) is 0 Å². The molecular formula is C14H12FN3O. The third-order valence-electron chi connectivity index (χ3n) is 2.67. The van der Waals surface area contributed by atoms with Gasteiger partial charge in [0.05, 0.1) is 12.2 Å². The number of halogens is 1. The van der Waals surface area contributed by atoms with Crippen LogP contribution in [0.1, 0.15) is 16.7 Å². The number of hydrogen-bond acceptors (Lipinski definition) is 4. The van der Waals surface area contributed by atoms with Crippen molar-refractivity contribution in [3.8, 4) is 6.07 Å². The van der Waals surface area contributed by atoms with Gasteiger partial charge < -0.3 is 10.4 Å². The van der Waals surface area contributed by atoms with Crippen LogP contribution in [0, 0.1) is 17.1 Å². The van der Waals surface area contributed by atoms with E-state index in [0.29, 0.717) is 17.9 Å². The Kier molecular flexibility index (Phi) is 4.06. The van der Waals surface area contributed by atoms with Crippen molar-refractivity contribution in [2.75, 3.05) is 5.32 Å². The summed E-state index contributed by atoms with van der Waals surface area (Å²) in [4.78, 5) is 4.11. The average molecular weight is 257 g/mol. The lowest BCUT2D eigenvalue weighted by molar-refractivity contribution is 0.282. The van der Waals surface area contributed by atoms with E-state index in [1.807, 2.05) is 0 Å². The Hall–Kier alpha value is -2.45. The van der Waals surface area contributed by atoms with Gasteiger partial charge in [0.15, 0.2) is 0 Å². The third kappa shape index (κ3) is 3.06. The molecule has 2 rings (SSSR count). The van der Waals surface area contributed by atoms with Crippen molar-refractivity contribution in [2.24, 2.45) is 0 Å². The predicted octanol–water partition coefficient (Wildman–Crippen LogP) is 2.20. The first kappa shape index (κ1) is 13.0. The Morgan fingerprint density at radius 2 is 2.21 bits per heavy atom. The van der Waals surface area contributed by atoms with Crippen LogP contribution in [0.4, 0.5) is 10.2 Å². The van der Waals surface area contributed by atoms with Crippen molar-refractivity contribution in [2.45, 2.75) is 13.2 Å². The molecule has 1 aromatic carbocycles. The van der Waals surface area contributed by atoms with E-state index in [-0.39, 0.29) is 12.2 Å². The fraction of sp³-hybridized carbons (Fsp3) is 0.143. The zero-order valence-corrected chi connectivity index (χ0v) is 10.1. The van der Waals surface area contributed by atoms with E-state index in [2.05, 4.69) is 10.3 Å². The molecule has 96 valence electrons.